The minimum absolute atomic E-state index is 0.189. The summed E-state index contributed by atoms with van der Waals surface area (Å²) in [5.41, 5.74) is 0. The van der Waals surface area contributed by atoms with Crippen LogP contribution in [0.2, 0.25) is 0 Å². The summed E-state index contributed by atoms with van der Waals surface area (Å²) in [4.78, 5) is 12.2. The van der Waals surface area contributed by atoms with Crippen LogP contribution in [0.4, 0.5) is 10.6 Å². The van der Waals surface area contributed by atoms with Gasteiger partial charge in [0, 0.05) is 6.20 Å². The number of aromatic nitrogens is 2. The number of carbonyl (C=O) groups excluding carboxylic acids is 1. The number of carbonyl (C=O) groups is 1. The summed E-state index contributed by atoms with van der Waals surface area (Å²) in [6.07, 6.45) is -1.19. The number of aliphatic hydroxyl groups is 2. The highest BCUT2D eigenvalue weighted by molar-refractivity contribution is 5.93. The Bertz CT molecular complexity index is 344. The van der Waals surface area contributed by atoms with E-state index in [2.05, 4.69) is 15.5 Å². The van der Waals surface area contributed by atoms with Gasteiger partial charge in [0.15, 0.2) is 18.3 Å². The zero-order chi connectivity index (χ0) is 10.1. The van der Waals surface area contributed by atoms with Gasteiger partial charge in [-0.1, -0.05) is 0 Å². The predicted molar refractivity (Wildman–Crippen MR) is 45.1 cm³/mol. The number of amides is 2. The summed E-state index contributed by atoms with van der Waals surface area (Å²) < 4.78 is 0. The predicted octanol–water partition coefficient (Wildman–Crippen LogP) is -1.36. The van der Waals surface area contributed by atoms with Gasteiger partial charge in [0.25, 0.3) is 0 Å². The van der Waals surface area contributed by atoms with Gasteiger partial charge in [-0.05, 0) is 12.1 Å². The Morgan fingerprint density at radius 2 is 2.29 bits per heavy atom. The molecule has 14 heavy (non-hydrogen) atoms. The Balaban J connectivity index is 2.31. The molecule has 0 bridgehead atoms. The first-order chi connectivity index (χ1) is 6.70. The van der Waals surface area contributed by atoms with Gasteiger partial charge in [0.1, 0.15) is 0 Å². The molecule has 1 aliphatic heterocycles. The largest absolute Gasteiger partial charge is 0.369 e. The first kappa shape index (κ1) is 8.85. The van der Waals surface area contributed by atoms with Crippen molar-refractivity contribution in [2.75, 3.05) is 4.90 Å². The number of urea groups is 1. The third-order valence-corrected chi connectivity index (χ3v) is 1.84. The Labute approximate surface area is 79.0 Å². The quantitative estimate of drug-likeness (QED) is 0.515. The fourth-order valence-corrected chi connectivity index (χ4v) is 1.19. The van der Waals surface area contributed by atoms with E-state index >= 15 is 0 Å². The number of anilines is 1. The molecule has 2 amide bonds. The van der Waals surface area contributed by atoms with Gasteiger partial charge in [-0.3, -0.25) is 0 Å². The zero-order valence-electron chi connectivity index (χ0n) is 7.03. The molecule has 0 aromatic carbocycles. The molecule has 1 saturated heterocycles. The standard InChI is InChI=1S/C7H8N4O3/c12-5-6(13)11(7(14)9-5)4-2-1-3-8-10-4/h1-3,5-6,12-13H,(H,9,14). The molecule has 1 aliphatic rings. The highest BCUT2D eigenvalue weighted by Gasteiger charge is 2.38. The van der Waals surface area contributed by atoms with Crippen LogP contribution in [-0.4, -0.2) is 38.9 Å². The summed E-state index contributed by atoms with van der Waals surface area (Å²) in [6.45, 7) is 0. The summed E-state index contributed by atoms with van der Waals surface area (Å²) >= 11 is 0. The number of rotatable bonds is 1. The average molecular weight is 196 g/mol. The highest BCUT2D eigenvalue weighted by Crippen LogP contribution is 2.17. The van der Waals surface area contributed by atoms with Crippen molar-refractivity contribution in [3.63, 3.8) is 0 Å². The Kier molecular flexibility index (Phi) is 2.02. The molecule has 2 unspecified atom stereocenters. The van der Waals surface area contributed by atoms with E-state index < -0.39 is 18.5 Å². The molecule has 0 radical (unpaired) electrons. The topological polar surface area (TPSA) is 98.6 Å². The van der Waals surface area contributed by atoms with Gasteiger partial charge in [0.05, 0.1) is 0 Å². The molecule has 2 heterocycles. The molecular weight excluding hydrogens is 188 g/mol. The van der Waals surface area contributed by atoms with Crippen molar-refractivity contribution in [3.8, 4) is 0 Å². The molecule has 1 fully saturated rings. The Morgan fingerprint density at radius 1 is 1.50 bits per heavy atom. The lowest BCUT2D eigenvalue weighted by Gasteiger charge is -2.17. The normalized spacial score (nSPS) is 26.4. The number of hydrogen-bond donors (Lipinski definition) is 3. The van der Waals surface area contributed by atoms with Crippen LogP contribution in [0, 0.1) is 0 Å². The molecule has 1 aromatic rings. The highest BCUT2D eigenvalue weighted by atomic mass is 16.4. The summed E-state index contributed by atoms with van der Waals surface area (Å²) in [5.74, 6) is 0.189. The van der Waals surface area contributed by atoms with E-state index in [-0.39, 0.29) is 5.82 Å². The smallest absolute Gasteiger partial charge is 0.327 e. The van der Waals surface area contributed by atoms with Crippen molar-refractivity contribution >= 4 is 11.8 Å². The van der Waals surface area contributed by atoms with Crippen LogP contribution in [-0.2, 0) is 0 Å². The third-order valence-electron chi connectivity index (χ3n) is 1.84. The summed E-state index contributed by atoms with van der Waals surface area (Å²) in [5, 5.41) is 27.9. The fraction of sp³-hybridized carbons (Fsp3) is 0.286. The number of hydrogen-bond acceptors (Lipinski definition) is 5. The lowest BCUT2D eigenvalue weighted by molar-refractivity contribution is 0.0328. The van der Waals surface area contributed by atoms with Crippen molar-refractivity contribution in [2.45, 2.75) is 12.5 Å². The van der Waals surface area contributed by atoms with Crippen LogP contribution in [0.1, 0.15) is 0 Å². The molecule has 0 spiro atoms. The first-order valence-electron chi connectivity index (χ1n) is 3.94. The Hall–Kier alpha value is -1.73. The van der Waals surface area contributed by atoms with Gasteiger partial charge in [-0.25, -0.2) is 9.69 Å². The van der Waals surface area contributed by atoms with Crippen LogP contribution in [0.5, 0.6) is 0 Å². The van der Waals surface area contributed by atoms with Gasteiger partial charge in [0.2, 0.25) is 0 Å². The zero-order valence-corrected chi connectivity index (χ0v) is 7.03. The number of aliphatic hydroxyl groups excluding tert-OH is 2. The minimum atomic E-state index is -1.33. The molecule has 3 N–H and O–H groups in total. The van der Waals surface area contributed by atoms with Gasteiger partial charge in [-0.2, -0.15) is 5.10 Å². The van der Waals surface area contributed by atoms with E-state index in [1.54, 1.807) is 6.07 Å². The SMILES string of the molecule is O=C1NC(O)C(O)N1c1cccnn1. The van der Waals surface area contributed by atoms with Crippen molar-refractivity contribution in [1.82, 2.24) is 15.5 Å². The van der Waals surface area contributed by atoms with Crippen molar-refractivity contribution in [2.24, 2.45) is 0 Å². The summed E-state index contributed by atoms with van der Waals surface area (Å²) in [7, 11) is 0. The van der Waals surface area contributed by atoms with E-state index in [0.29, 0.717) is 0 Å². The lowest BCUT2D eigenvalue weighted by Crippen LogP contribution is -2.37. The van der Waals surface area contributed by atoms with E-state index in [0.717, 1.165) is 4.90 Å². The van der Waals surface area contributed by atoms with Crippen LogP contribution in [0.3, 0.4) is 0 Å². The maximum Gasteiger partial charge on any atom is 0.327 e. The second-order valence-electron chi connectivity index (χ2n) is 2.76. The van der Waals surface area contributed by atoms with Crippen LogP contribution in [0.25, 0.3) is 0 Å². The molecule has 2 rings (SSSR count). The maximum atomic E-state index is 11.2. The van der Waals surface area contributed by atoms with E-state index in [9.17, 15) is 9.90 Å². The van der Waals surface area contributed by atoms with Crippen LogP contribution >= 0.6 is 0 Å². The van der Waals surface area contributed by atoms with E-state index in [1.165, 1.54) is 12.3 Å². The van der Waals surface area contributed by atoms with Gasteiger partial charge < -0.3 is 15.5 Å². The maximum absolute atomic E-state index is 11.2. The molecule has 74 valence electrons. The molecule has 0 saturated carbocycles. The van der Waals surface area contributed by atoms with Gasteiger partial charge in [-0.15, -0.1) is 5.10 Å². The lowest BCUT2D eigenvalue weighted by atomic mass is 10.4. The molecule has 0 aliphatic carbocycles. The van der Waals surface area contributed by atoms with Crippen molar-refractivity contribution in [1.29, 1.82) is 0 Å². The van der Waals surface area contributed by atoms with Crippen molar-refractivity contribution in [3.05, 3.63) is 18.3 Å². The first-order valence-corrected chi connectivity index (χ1v) is 3.94. The monoisotopic (exact) mass is 196 g/mol. The van der Waals surface area contributed by atoms with Crippen LogP contribution in [0.15, 0.2) is 18.3 Å². The van der Waals surface area contributed by atoms with Gasteiger partial charge >= 0.3 is 6.03 Å². The fourth-order valence-electron chi connectivity index (χ4n) is 1.19. The average Bonchev–Trinajstić information content (AvgIpc) is 2.43. The van der Waals surface area contributed by atoms with Crippen LogP contribution < -0.4 is 10.2 Å². The molecule has 2 atom stereocenters. The molecular formula is C7H8N4O3. The third kappa shape index (κ3) is 1.28. The second kappa shape index (κ2) is 3.20. The van der Waals surface area contributed by atoms with E-state index in [4.69, 9.17) is 5.11 Å². The molecule has 7 nitrogen and oxygen atoms in total. The van der Waals surface area contributed by atoms with Crippen molar-refractivity contribution < 1.29 is 15.0 Å². The number of nitrogens with zero attached hydrogens (tertiary/aromatic N) is 3. The summed E-state index contributed by atoms with van der Waals surface area (Å²) in [6, 6.07) is 2.48. The minimum Gasteiger partial charge on any atom is -0.369 e. The second-order valence-corrected chi connectivity index (χ2v) is 2.76. The Morgan fingerprint density at radius 3 is 2.79 bits per heavy atom. The molecule has 1 aromatic heterocycles. The number of nitrogens with one attached hydrogen (secondary N) is 1. The molecule has 7 heteroatoms. The van der Waals surface area contributed by atoms with E-state index in [1.807, 2.05) is 0 Å².